The summed E-state index contributed by atoms with van der Waals surface area (Å²) in [6.45, 7) is 4.75. The summed E-state index contributed by atoms with van der Waals surface area (Å²) in [6, 6.07) is 26.2. The van der Waals surface area contributed by atoms with E-state index in [2.05, 4.69) is 0 Å². The Labute approximate surface area is 223 Å². The zero-order chi connectivity index (χ0) is 27.3. The first-order chi connectivity index (χ1) is 18.5. The fraction of sp³-hybridized carbons (Fsp3) is 0.188. The minimum absolute atomic E-state index is 0.0186. The van der Waals surface area contributed by atoms with Gasteiger partial charge in [0.1, 0.15) is 36.2 Å². The standard InChI is InChI=1S/C23H22O3.C9H10O3/c1-2-20-13-21(25-16-18-9-5-3-6-10-18)14-23(22(20)15-24)26-17-19-11-7-4-8-12-19;1-2-6-3-7(11)4-9(12)8(6)5-10/h3-15H,2,16-17H2,1H3;3-5,11-12H,2H2,1H3. The number of phenolic OH excluding ortho intramolecular Hbond substituents is 2. The summed E-state index contributed by atoms with van der Waals surface area (Å²) < 4.78 is 11.9. The van der Waals surface area contributed by atoms with Crippen molar-refractivity contribution in [2.24, 2.45) is 0 Å². The Bertz CT molecular complexity index is 1330. The fourth-order valence-corrected chi connectivity index (χ4v) is 3.87. The zero-order valence-electron chi connectivity index (χ0n) is 21.6. The molecule has 0 aliphatic heterocycles. The molecule has 0 saturated heterocycles. The molecule has 0 aromatic heterocycles. The van der Waals surface area contributed by atoms with Gasteiger partial charge in [0.2, 0.25) is 0 Å². The topological polar surface area (TPSA) is 93.1 Å². The van der Waals surface area contributed by atoms with Gasteiger partial charge in [-0.1, -0.05) is 74.5 Å². The van der Waals surface area contributed by atoms with Crippen LogP contribution in [0.3, 0.4) is 0 Å². The Morgan fingerprint density at radius 1 is 0.658 bits per heavy atom. The number of rotatable bonds is 10. The Hall–Kier alpha value is -4.58. The molecule has 0 spiro atoms. The van der Waals surface area contributed by atoms with Crippen molar-refractivity contribution in [1.82, 2.24) is 0 Å². The van der Waals surface area contributed by atoms with Gasteiger partial charge in [-0.05, 0) is 47.2 Å². The maximum absolute atomic E-state index is 11.6. The highest BCUT2D eigenvalue weighted by Gasteiger charge is 2.12. The van der Waals surface area contributed by atoms with Crippen molar-refractivity contribution in [3.63, 3.8) is 0 Å². The monoisotopic (exact) mass is 512 g/mol. The molecular formula is C32H32O6. The Kier molecular flexibility index (Phi) is 10.5. The molecule has 4 rings (SSSR count). The van der Waals surface area contributed by atoms with Crippen LogP contribution in [0.1, 0.15) is 56.8 Å². The van der Waals surface area contributed by atoms with E-state index in [0.717, 1.165) is 35.5 Å². The molecule has 38 heavy (non-hydrogen) atoms. The Balaban J connectivity index is 0.000000279. The number of aryl methyl sites for hydroxylation is 2. The van der Waals surface area contributed by atoms with E-state index >= 15 is 0 Å². The van der Waals surface area contributed by atoms with Gasteiger partial charge in [-0.15, -0.1) is 0 Å². The molecule has 0 bridgehead atoms. The summed E-state index contributed by atoms with van der Waals surface area (Å²) in [5.74, 6) is 1.09. The van der Waals surface area contributed by atoms with Crippen molar-refractivity contribution in [3.8, 4) is 23.0 Å². The minimum Gasteiger partial charge on any atom is -0.508 e. The number of carbonyl (C=O) groups is 2. The molecule has 0 aliphatic rings. The molecule has 0 atom stereocenters. The van der Waals surface area contributed by atoms with Crippen molar-refractivity contribution >= 4 is 12.6 Å². The molecule has 0 unspecified atom stereocenters. The first kappa shape index (κ1) is 28.0. The first-order valence-corrected chi connectivity index (χ1v) is 12.4. The summed E-state index contributed by atoms with van der Waals surface area (Å²) in [5, 5.41) is 18.3. The maximum Gasteiger partial charge on any atom is 0.154 e. The smallest absolute Gasteiger partial charge is 0.154 e. The molecule has 2 N–H and O–H groups in total. The summed E-state index contributed by atoms with van der Waals surface area (Å²) >= 11 is 0. The van der Waals surface area contributed by atoms with Crippen molar-refractivity contribution < 1.29 is 29.3 Å². The molecular weight excluding hydrogens is 480 g/mol. The van der Waals surface area contributed by atoms with E-state index in [1.807, 2.05) is 80.6 Å². The normalized spacial score (nSPS) is 10.2. The molecule has 6 nitrogen and oxygen atoms in total. The predicted octanol–water partition coefficient (Wildman–Crippen LogP) is 6.69. The van der Waals surface area contributed by atoms with Crippen LogP contribution in [0, 0.1) is 0 Å². The predicted molar refractivity (Wildman–Crippen MR) is 147 cm³/mol. The van der Waals surface area contributed by atoms with Gasteiger partial charge in [0.15, 0.2) is 12.6 Å². The molecule has 0 fully saturated rings. The van der Waals surface area contributed by atoms with E-state index in [0.29, 0.717) is 48.5 Å². The molecule has 0 radical (unpaired) electrons. The van der Waals surface area contributed by atoms with Crippen molar-refractivity contribution in [3.05, 3.63) is 118 Å². The maximum atomic E-state index is 11.6. The molecule has 0 heterocycles. The zero-order valence-corrected chi connectivity index (χ0v) is 21.6. The third-order valence-electron chi connectivity index (χ3n) is 5.91. The van der Waals surface area contributed by atoms with Gasteiger partial charge in [0.05, 0.1) is 11.1 Å². The third-order valence-corrected chi connectivity index (χ3v) is 5.91. The van der Waals surface area contributed by atoms with Crippen molar-refractivity contribution in [2.45, 2.75) is 39.9 Å². The molecule has 196 valence electrons. The van der Waals surface area contributed by atoms with E-state index in [4.69, 9.17) is 14.6 Å². The lowest BCUT2D eigenvalue weighted by Gasteiger charge is -2.15. The van der Waals surface area contributed by atoms with E-state index in [9.17, 15) is 14.7 Å². The van der Waals surface area contributed by atoms with E-state index < -0.39 is 0 Å². The summed E-state index contributed by atoms with van der Waals surface area (Å²) in [6.07, 6.45) is 2.79. The van der Waals surface area contributed by atoms with Crippen LogP contribution < -0.4 is 9.47 Å². The highest BCUT2D eigenvalue weighted by atomic mass is 16.5. The van der Waals surface area contributed by atoms with Crippen LogP contribution in [0.4, 0.5) is 0 Å². The SMILES string of the molecule is CCc1cc(O)cc(O)c1C=O.CCc1cc(OCc2ccccc2)cc(OCc2ccccc2)c1C=O. The third kappa shape index (κ3) is 7.71. The second-order valence-electron chi connectivity index (χ2n) is 8.52. The average molecular weight is 513 g/mol. The minimum atomic E-state index is -0.165. The lowest BCUT2D eigenvalue weighted by molar-refractivity contribution is 0.111. The van der Waals surface area contributed by atoms with Crippen molar-refractivity contribution in [2.75, 3.05) is 0 Å². The quantitative estimate of drug-likeness (QED) is 0.230. The Morgan fingerprint density at radius 2 is 1.18 bits per heavy atom. The van der Waals surface area contributed by atoms with Gasteiger partial charge in [-0.2, -0.15) is 0 Å². The first-order valence-electron chi connectivity index (χ1n) is 12.4. The molecule has 0 aliphatic carbocycles. The van der Waals surface area contributed by atoms with Crippen LogP contribution in [0.5, 0.6) is 23.0 Å². The second-order valence-corrected chi connectivity index (χ2v) is 8.52. The highest BCUT2D eigenvalue weighted by Crippen LogP contribution is 2.30. The largest absolute Gasteiger partial charge is 0.508 e. The molecule has 6 heteroatoms. The van der Waals surface area contributed by atoms with Gasteiger partial charge in [-0.25, -0.2) is 0 Å². The number of ether oxygens (including phenoxy) is 2. The van der Waals surface area contributed by atoms with Crippen LogP contribution in [0.2, 0.25) is 0 Å². The van der Waals surface area contributed by atoms with Crippen molar-refractivity contribution in [1.29, 1.82) is 0 Å². The Morgan fingerprint density at radius 3 is 1.71 bits per heavy atom. The number of aldehydes is 2. The molecule has 0 amide bonds. The molecule has 4 aromatic rings. The highest BCUT2D eigenvalue weighted by molar-refractivity contribution is 5.83. The van der Waals surface area contributed by atoms with E-state index in [1.165, 1.54) is 6.07 Å². The number of hydrogen-bond donors (Lipinski definition) is 2. The number of benzene rings is 4. The van der Waals surface area contributed by atoms with Gasteiger partial charge >= 0.3 is 0 Å². The number of hydrogen-bond acceptors (Lipinski definition) is 6. The van der Waals surface area contributed by atoms with E-state index in [-0.39, 0.29) is 17.1 Å². The molecule has 4 aromatic carbocycles. The second kappa shape index (κ2) is 14.2. The molecule has 0 saturated carbocycles. The van der Waals surface area contributed by atoms with Gasteiger partial charge in [-0.3, -0.25) is 9.59 Å². The average Bonchev–Trinajstić information content (AvgIpc) is 2.95. The number of carbonyl (C=O) groups excluding carboxylic acids is 2. The van der Waals surface area contributed by atoms with Gasteiger partial charge < -0.3 is 19.7 Å². The summed E-state index contributed by atoms with van der Waals surface area (Å²) in [5.41, 5.74) is 4.58. The lowest BCUT2D eigenvalue weighted by atomic mass is 10.0. The van der Waals surface area contributed by atoms with Gasteiger partial charge in [0, 0.05) is 12.1 Å². The van der Waals surface area contributed by atoms with Crippen LogP contribution >= 0.6 is 0 Å². The number of phenols is 2. The summed E-state index contributed by atoms with van der Waals surface area (Å²) in [7, 11) is 0. The van der Waals surface area contributed by atoms with Gasteiger partial charge in [0.25, 0.3) is 0 Å². The van der Waals surface area contributed by atoms with E-state index in [1.54, 1.807) is 6.07 Å². The summed E-state index contributed by atoms with van der Waals surface area (Å²) in [4.78, 5) is 22.1. The van der Waals surface area contributed by atoms with Crippen LogP contribution in [-0.4, -0.2) is 22.8 Å². The number of aromatic hydroxyl groups is 2. The van der Waals surface area contributed by atoms with Crippen LogP contribution in [0.25, 0.3) is 0 Å². The lowest BCUT2D eigenvalue weighted by Crippen LogP contribution is -2.03. The van der Waals surface area contributed by atoms with Crippen LogP contribution in [-0.2, 0) is 26.1 Å². The van der Waals surface area contributed by atoms with Crippen LogP contribution in [0.15, 0.2) is 84.9 Å². The fourth-order valence-electron chi connectivity index (χ4n) is 3.87.